The van der Waals surface area contributed by atoms with E-state index >= 15 is 0 Å². The molecule has 1 fully saturated rings. The van der Waals surface area contributed by atoms with E-state index in [1.54, 1.807) is 24.1 Å². The summed E-state index contributed by atoms with van der Waals surface area (Å²) in [7, 11) is 5.30. The van der Waals surface area contributed by atoms with Gasteiger partial charge in [0.2, 0.25) is 0 Å². The van der Waals surface area contributed by atoms with E-state index in [4.69, 9.17) is 4.74 Å². The Kier molecular flexibility index (Phi) is 7.69. The highest BCUT2D eigenvalue weighted by molar-refractivity contribution is 5.90. The van der Waals surface area contributed by atoms with Crippen molar-refractivity contribution in [1.29, 1.82) is 0 Å². The average Bonchev–Trinajstić information content (AvgIpc) is 2.75. The number of nitrogens with zero attached hydrogens (tertiary/aromatic N) is 2. The number of amides is 2. The molecule has 6 heteroatoms. The predicted octanol–water partition coefficient (Wildman–Crippen LogP) is 5.26. The highest BCUT2D eigenvalue weighted by Gasteiger charge is 2.19. The van der Waals surface area contributed by atoms with E-state index < -0.39 is 5.82 Å². The van der Waals surface area contributed by atoms with Gasteiger partial charge in [-0.2, -0.15) is 0 Å². The second kappa shape index (κ2) is 10.4. The number of carbonyl (C=O) groups is 1. The molecule has 1 saturated carbocycles. The van der Waals surface area contributed by atoms with Crippen molar-refractivity contribution in [3.05, 3.63) is 59.4 Å². The lowest BCUT2D eigenvalue weighted by Gasteiger charge is -2.31. The minimum Gasteiger partial charge on any atom is -0.494 e. The van der Waals surface area contributed by atoms with Crippen molar-refractivity contribution in [2.75, 3.05) is 26.5 Å². The second-order valence-corrected chi connectivity index (χ2v) is 8.12. The maximum atomic E-state index is 13.9. The van der Waals surface area contributed by atoms with E-state index in [2.05, 4.69) is 23.3 Å². The van der Waals surface area contributed by atoms with E-state index in [1.807, 2.05) is 18.2 Å². The lowest BCUT2D eigenvalue weighted by atomic mass is 9.94. The number of carbonyl (C=O) groups excluding carboxylic acids is 1. The molecule has 2 aromatic carbocycles. The molecule has 1 aliphatic rings. The SMILES string of the molecule is COc1ccc(CN(C)C(=O)Nc2ccccc2CN(C)C2CCCCC2)cc1F. The summed E-state index contributed by atoms with van der Waals surface area (Å²) >= 11 is 0. The van der Waals surface area contributed by atoms with Crippen molar-refractivity contribution in [3.63, 3.8) is 0 Å². The van der Waals surface area contributed by atoms with Crippen molar-refractivity contribution in [3.8, 4) is 5.75 Å². The van der Waals surface area contributed by atoms with Gasteiger partial charge in [0, 0.05) is 31.9 Å². The third kappa shape index (κ3) is 5.72. The van der Waals surface area contributed by atoms with Gasteiger partial charge in [-0.05, 0) is 49.2 Å². The van der Waals surface area contributed by atoms with Crippen LogP contribution >= 0.6 is 0 Å². The molecule has 0 aromatic heterocycles. The monoisotopic (exact) mass is 413 g/mol. The Morgan fingerprint density at radius 1 is 1.10 bits per heavy atom. The van der Waals surface area contributed by atoms with E-state index in [1.165, 1.54) is 45.3 Å². The number of benzene rings is 2. The number of anilines is 1. The summed E-state index contributed by atoms with van der Waals surface area (Å²) < 4.78 is 18.9. The fourth-order valence-corrected chi connectivity index (χ4v) is 4.06. The van der Waals surface area contributed by atoms with Crippen LogP contribution in [0, 0.1) is 5.82 Å². The molecule has 1 aliphatic carbocycles. The highest BCUT2D eigenvalue weighted by Crippen LogP contribution is 2.25. The Morgan fingerprint density at radius 3 is 2.53 bits per heavy atom. The quantitative estimate of drug-likeness (QED) is 0.673. The molecule has 5 nitrogen and oxygen atoms in total. The van der Waals surface area contributed by atoms with Gasteiger partial charge in [0.15, 0.2) is 11.6 Å². The number of halogens is 1. The number of para-hydroxylation sites is 1. The molecular weight excluding hydrogens is 381 g/mol. The molecule has 162 valence electrons. The molecule has 30 heavy (non-hydrogen) atoms. The number of hydrogen-bond acceptors (Lipinski definition) is 3. The fourth-order valence-electron chi connectivity index (χ4n) is 4.06. The Bertz CT molecular complexity index is 852. The largest absolute Gasteiger partial charge is 0.494 e. The Labute approximate surface area is 178 Å². The van der Waals surface area contributed by atoms with Crippen molar-refractivity contribution in [2.45, 2.75) is 51.2 Å². The summed E-state index contributed by atoms with van der Waals surface area (Å²) in [4.78, 5) is 16.7. The zero-order valence-corrected chi connectivity index (χ0v) is 18.2. The lowest BCUT2D eigenvalue weighted by molar-refractivity contribution is 0.185. The van der Waals surface area contributed by atoms with E-state index in [9.17, 15) is 9.18 Å². The first-order valence-electron chi connectivity index (χ1n) is 10.6. The molecule has 0 aliphatic heterocycles. The number of urea groups is 1. The van der Waals surface area contributed by atoms with Crippen LogP contribution in [0.25, 0.3) is 0 Å². The Morgan fingerprint density at radius 2 is 1.83 bits per heavy atom. The van der Waals surface area contributed by atoms with Crippen LogP contribution in [0.3, 0.4) is 0 Å². The third-order valence-electron chi connectivity index (χ3n) is 5.86. The molecule has 0 unspecified atom stereocenters. The predicted molar refractivity (Wildman–Crippen MR) is 118 cm³/mol. The molecule has 0 bridgehead atoms. The average molecular weight is 414 g/mol. The van der Waals surface area contributed by atoms with Crippen LogP contribution in [0.2, 0.25) is 0 Å². The van der Waals surface area contributed by atoms with Crippen LogP contribution in [0.1, 0.15) is 43.2 Å². The Hall–Kier alpha value is -2.60. The van der Waals surface area contributed by atoms with Gasteiger partial charge in [0.25, 0.3) is 0 Å². The first-order valence-corrected chi connectivity index (χ1v) is 10.6. The summed E-state index contributed by atoms with van der Waals surface area (Å²) in [5.74, 6) is -0.234. The molecule has 2 amide bonds. The van der Waals surface area contributed by atoms with Crippen LogP contribution in [0.4, 0.5) is 14.9 Å². The molecule has 0 atom stereocenters. The first kappa shape index (κ1) is 22.1. The maximum Gasteiger partial charge on any atom is 0.321 e. The summed E-state index contributed by atoms with van der Waals surface area (Å²) in [6, 6.07) is 13.1. The van der Waals surface area contributed by atoms with Gasteiger partial charge in [0.05, 0.1) is 7.11 Å². The van der Waals surface area contributed by atoms with Crippen molar-refractivity contribution >= 4 is 11.7 Å². The minimum atomic E-state index is -0.431. The molecule has 1 N–H and O–H groups in total. The standard InChI is InChI=1S/C24H32FN3O2/c1-27(20-10-5-4-6-11-20)17-19-9-7-8-12-22(19)26-24(29)28(2)16-18-13-14-23(30-3)21(25)15-18/h7-9,12-15,20H,4-6,10-11,16-17H2,1-3H3,(H,26,29). The van der Waals surface area contributed by atoms with Crippen LogP contribution in [-0.4, -0.2) is 43.1 Å². The summed E-state index contributed by atoms with van der Waals surface area (Å²) in [5.41, 5.74) is 2.62. The zero-order valence-electron chi connectivity index (χ0n) is 18.2. The normalized spacial score (nSPS) is 14.6. The minimum absolute atomic E-state index is 0.196. The maximum absolute atomic E-state index is 13.9. The third-order valence-corrected chi connectivity index (χ3v) is 5.86. The van der Waals surface area contributed by atoms with Crippen molar-refractivity contribution in [2.24, 2.45) is 0 Å². The second-order valence-electron chi connectivity index (χ2n) is 8.12. The molecule has 0 saturated heterocycles. The Balaban J connectivity index is 1.62. The number of ether oxygens (including phenoxy) is 1. The number of rotatable bonds is 7. The summed E-state index contributed by atoms with van der Waals surface area (Å²) in [6.45, 7) is 1.10. The van der Waals surface area contributed by atoms with Gasteiger partial charge in [0.1, 0.15) is 0 Å². The van der Waals surface area contributed by atoms with E-state index in [0.29, 0.717) is 18.2 Å². The van der Waals surface area contributed by atoms with Crippen LogP contribution in [-0.2, 0) is 13.1 Å². The van der Waals surface area contributed by atoms with Gasteiger partial charge < -0.3 is 15.0 Å². The number of hydrogen-bond donors (Lipinski definition) is 1. The smallest absolute Gasteiger partial charge is 0.321 e. The van der Waals surface area contributed by atoms with Crippen LogP contribution < -0.4 is 10.1 Å². The van der Waals surface area contributed by atoms with Crippen molar-refractivity contribution < 1.29 is 13.9 Å². The van der Waals surface area contributed by atoms with E-state index in [-0.39, 0.29) is 11.8 Å². The van der Waals surface area contributed by atoms with Gasteiger partial charge in [-0.25, -0.2) is 9.18 Å². The number of methoxy groups -OCH3 is 1. The molecule has 0 spiro atoms. The van der Waals surface area contributed by atoms with Crippen molar-refractivity contribution in [1.82, 2.24) is 9.80 Å². The highest BCUT2D eigenvalue weighted by atomic mass is 19.1. The van der Waals surface area contributed by atoms with Gasteiger partial charge in [-0.3, -0.25) is 4.90 Å². The molecule has 2 aromatic rings. The van der Waals surface area contributed by atoms with Gasteiger partial charge in [-0.15, -0.1) is 0 Å². The summed E-state index contributed by atoms with van der Waals surface area (Å²) in [5, 5.41) is 3.02. The molecule has 0 radical (unpaired) electrons. The molecule has 3 rings (SSSR count). The van der Waals surface area contributed by atoms with Gasteiger partial charge in [-0.1, -0.05) is 43.5 Å². The molecule has 0 heterocycles. The summed E-state index contributed by atoms with van der Waals surface area (Å²) in [6.07, 6.45) is 6.41. The topological polar surface area (TPSA) is 44.8 Å². The van der Waals surface area contributed by atoms with Crippen LogP contribution in [0.15, 0.2) is 42.5 Å². The van der Waals surface area contributed by atoms with Crippen LogP contribution in [0.5, 0.6) is 5.75 Å². The lowest BCUT2D eigenvalue weighted by Crippen LogP contribution is -2.34. The first-order chi connectivity index (χ1) is 14.5. The molecular formula is C24H32FN3O2. The van der Waals surface area contributed by atoms with Gasteiger partial charge >= 0.3 is 6.03 Å². The van der Waals surface area contributed by atoms with E-state index in [0.717, 1.165) is 17.8 Å². The fraction of sp³-hybridized carbons (Fsp3) is 0.458. The zero-order chi connectivity index (χ0) is 21.5. The number of nitrogens with one attached hydrogen (secondary N) is 1.